The van der Waals surface area contributed by atoms with Gasteiger partial charge in [0, 0.05) is 13.7 Å². The van der Waals surface area contributed by atoms with Crippen LogP contribution in [0.15, 0.2) is 4.99 Å². The zero-order chi connectivity index (χ0) is 12.8. The van der Waals surface area contributed by atoms with Crippen molar-refractivity contribution < 1.29 is 23.0 Å². The molecule has 0 amide bonds. The van der Waals surface area contributed by atoms with Crippen molar-refractivity contribution in [3.8, 4) is 0 Å². The van der Waals surface area contributed by atoms with E-state index in [0.29, 0.717) is 0 Å². The maximum Gasteiger partial charge on any atom is 0.438 e. The van der Waals surface area contributed by atoms with E-state index in [0.717, 1.165) is 11.8 Å². The van der Waals surface area contributed by atoms with Gasteiger partial charge in [0.2, 0.25) is 0 Å². The van der Waals surface area contributed by atoms with Crippen molar-refractivity contribution in [3.63, 3.8) is 0 Å². The molecule has 0 radical (unpaired) electrons. The minimum absolute atomic E-state index is 0.132. The molecule has 2 rings (SSSR count). The smallest absolute Gasteiger partial charge is 0.362 e. The third-order valence-corrected chi connectivity index (χ3v) is 3.87. The van der Waals surface area contributed by atoms with E-state index in [1.165, 1.54) is 0 Å². The number of alkyl halides is 3. The van der Waals surface area contributed by atoms with E-state index in [9.17, 15) is 18.3 Å². The first-order valence-electron chi connectivity index (χ1n) is 5.08. The molecular formula is C9H13F3N2O2S. The first-order valence-corrected chi connectivity index (χ1v) is 6.31. The number of amidine groups is 1. The fraction of sp³-hybridized carbons (Fsp3) is 0.889. The minimum Gasteiger partial charge on any atom is -0.362 e. The SMILES string of the molecule is CSC1=NC(O)(C(F)(F)F)C2CCOC2N1C. The zero-order valence-corrected chi connectivity index (χ0v) is 10.2. The van der Waals surface area contributed by atoms with E-state index in [1.54, 1.807) is 18.2 Å². The highest BCUT2D eigenvalue weighted by atomic mass is 32.2. The van der Waals surface area contributed by atoms with E-state index >= 15 is 0 Å². The predicted molar refractivity (Wildman–Crippen MR) is 57.6 cm³/mol. The van der Waals surface area contributed by atoms with Crippen molar-refractivity contribution in [3.05, 3.63) is 0 Å². The fourth-order valence-corrected chi connectivity index (χ4v) is 2.86. The molecular weight excluding hydrogens is 257 g/mol. The Labute approximate surface area is 101 Å². The summed E-state index contributed by atoms with van der Waals surface area (Å²) in [6, 6.07) is 0. The molecule has 4 nitrogen and oxygen atoms in total. The molecule has 1 N–H and O–H groups in total. The van der Waals surface area contributed by atoms with Crippen LogP contribution in [0, 0.1) is 5.92 Å². The second-order valence-corrected chi connectivity index (χ2v) is 4.86. The quantitative estimate of drug-likeness (QED) is 0.720. The van der Waals surface area contributed by atoms with Crippen LogP contribution in [-0.2, 0) is 4.74 Å². The first-order chi connectivity index (χ1) is 7.81. The number of aliphatic hydroxyl groups is 1. The van der Waals surface area contributed by atoms with Crippen molar-refractivity contribution in [2.24, 2.45) is 10.9 Å². The number of ether oxygens (including phenoxy) is 1. The van der Waals surface area contributed by atoms with Crippen LogP contribution in [0.5, 0.6) is 0 Å². The number of rotatable bonds is 0. The number of fused-ring (bicyclic) bond motifs is 1. The number of hydrogen-bond donors (Lipinski definition) is 1. The molecule has 0 bridgehead atoms. The van der Waals surface area contributed by atoms with Crippen LogP contribution in [-0.4, -0.2) is 53.2 Å². The van der Waals surface area contributed by atoms with E-state index in [2.05, 4.69) is 4.99 Å². The van der Waals surface area contributed by atoms with Gasteiger partial charge in [-0.15, -0.1) is 0 Å². The van der Waals surface area contributed by atoms with Gasteiger partial charge in [-0.3, -0.25) is 0 Å². The Morgan fingerprint density at radius 3 is 2.76 bits per heavy atom. The summed E-state index contributed by atoms with van der Waals surface area (Å²) in [4.78, 5) is 5.03. The van der Waals surface area contributed by atoms with Crippen LogP contribution < -0.4 is 0 Å². The summed E-state index contributed by atoms with van der Waals surface area (Å²) < 4.78 is 44.1. The van der Waals surface area contributed by atoms with Gasteiger partial charge in [-0.2, -0.15) is 13.2 Å². The molecule has 1 saturated heterocycles. The van der Waals surface area contributed by atoms with Crippen LogP contribution in [0.4, 0.5) is 13.2 Å². The summed E-state index contributed by atoms with van der Waals surface area (Å²) in [5.74, 6) is -1.07. The Balaban J connectivity index is 2.46. The normalized spacial score (nSPS) is 38.0. The molecule has 17 heavy (non-hydrogen) atoms. The van der Waals surface area contributed by atoms with Gasteiger partial charge in [0.1, 0.15) is 6.23 Å². The number of hydrogen-bond acceptors (Lipinski definition) is 5. The molecule has 2 aliphatic heterocycles. The summed E-state index contributed by atoms with van der Waals surface area (Å²) in [7, 11) is 1.62. The lowest BCUT2D eigenvalue weighted by Gasteiger charge is -2.43. The molecule has 3 unspecified atom stereocenters. The minimum atomic E-state index is -4.79. The van der Waals surface area contributed by atoms with Gasteiger partial charge in [-0.25, -0.2) is 4.99 Å². The largest absolute Gasteiger partial charge is 0.438 e. The molecule has 8 heteroatoms. The average Bonchev–Trinajstić information content (AvgIpc) is 2.71. The van der Waals surface area contributed by atoms with E-state index in [1.807, 2.05) is 0 Å². The first kappa shape index (κ1) is 13.0. The van der Waals surface area contributed by atoms with Crippen LogP contribution in [0.3, 0.4) is 0 Å². The molecule has 0 aromatic heterocycles. The van der Waals surface area contributed by atoms with Gasteiger partial charge in [-0.1, -0.05) is 11.8 Å². The molecule has 0 saturated carbocycles. The number of halogens is 3. The maximum atomic E-state index is 13.0. The highest BCUT2D eigenvalue weighted by Gasteiger charge is 2.65. The monoisotopic (exact) mass is 270 g/mol. The second-order valence-electron chi connectivity index (χ2n) is 4.09. The van der Waals surface area contributed by atoms with Gasteiger partial charge >= 0.3 is 6.18 Å². The summed E-state index contributed by atoms with van der Waals surface area (Å²) in [5, 5.41) is 10.00. The Hall–Kier alpha value is -0.470. The average molecular weight is 270 g/mol. The van der Waals surface area contributed by atoms with Gasteiger partial charge in [0.15, 0.2) is 5.17 Å². The van der Waals surface area contributed by atoms with Gasteiger partial charge in [-0.05, 0) is 12.7 Å². The predicted octanol–water partition coefficient (Wildman–Crippen LogP) is 1.26. The number of thioether (sulfide) groups is 1. The van der Waals surface area contributed by atoms with Gasteiger partial charge < -0.3 is 14.7 Å². The van der Waals surface area contributed by atoms with Crippen molar-refractivity contribution in [2.75, 3.05) is 19.9 Å². The summed E-state index contributed by atoms with van der Waals surface area (Å²) in [6.07, 6.45) is -3.79. The van der Waals surface area contributed by atoms with Crippen molar-refractivity contribution >= 4 is 16.9 Å². The van der Waals surface area contributed by atoms with E-state index < -0.39 is 24.0 Å². The summed E-state index contributed by atoms with van der Waals surface area (Å²) >= 11 is 1.06. The number of nitrogens with zero attached hydrogens (tertiary/aromatic N) is 2. The Morgan fingerprint density at radius 2 is 2.24 bits per heavy atom. The summed E-state index contributed by atoms with van der Waals surface area (Å²) in [5.41, 5.74) is -3.03. The highest BCUT2D eigenvalue weighted by molar-refractivity contribution is 8.13. The molecule has 0 spiro atoms. The van der Waals surface area contributed by atoms with Crippen molar-refractivity contribution in [1.29, 1.82) is 0 Å². The van der Waals surface area contributed by atoms with Crippen molar-refractivity contribution in [1.82, 2.24) is 4.90 Å². The van der Waals surface area contributed by atoms with Crippen LogP contribution in [0.25, 0.3) is 0 Å². The summed E-state index contributed by atoms with van der Waals surface area (Å²) in [6.45, 7) is 0.204. The van der Waals surface area contributed by atoms with Crippen LogP contribution >= 0.6 is 11.8 Å². The highest BCUT2D eigenvalue weighted by Crippen LogP contribution is 2.47. The maximum absolute atomic E-state index is 13.0. The van der Waals surface area contributed by atoms with Crippen LogP contribution in [0.2, 0.25) is 0 Å². The molecule has 0 aromatic carbocycles. The fourth-order valence-electron chi connectivity index (χ4n) is 2.24. The van der Waals surface area contributed by atoms with Gasteiger partial charge in [0.25, 0.3) is 5.72 Å². The van der Waals surface area contributed by atoms with Crippen LogP contribution in [0.1, 0.15) is 6.42 Å². The third-order valence-electron chi connectivity index (χ3n) is 3.13. The molecule has 0 aliphatic carbocycles. The third kappa shape index (κ3) is 1.82. The lowest BCUT2D eigenvalue weighted by Crippen LogP contribution is -2.60. The molecule has 3 atom stereocenters. The number of aliphatic imine (C=N–C) groups is 1. The lowest BCUT2D eigenvalue weighted by molar-refractivity contribution is -0.288. The molecule has 98 valence electrons. The molecule has 1 fully saturated rings. The van der Waals surface area contributed by atoms with E-state index in [-0.39, 0.29) is 18.2 Å². The van der Waals surface area contributed by atoms with Crippen molar-refractivity contribution in [2.45, 2.75) is 24.6 Å². The van der Waals surface area contributed by atoms with Gasteiger partial charge in [0.05, 0.1) is 5.92 Å². The topological polar surface area (TPSA) is 45.1 Å². The zero-order valence-electron chi connectivity index (χ0n) is 9.36. The Kier molecular flexibility index (Phi) is 3.07. The molecule has 2 heterocycles. The lowest BCUT2D eigenvalue weighted by atomic mass is 9.90. The molecule has 2 aliphatic rings. The standard InChI is InChI=1S/C9H13F3N2O2S/c1-14-6-5(3-4-16-6)8(15,9(10,11)12)13-7(14)17-2/h5-6,15H,3-4H2,1-2H3. The van der Waals surface area contributed by atoms with E-state index in [4.69, 9.17) is 4.74 Å². The Bertz CT molecular complexity index is 350. The second kappa shape index (κ2) is 4.03. The Morgan fingerprint density at radius 1 is 1.59 bits per heavy atom. The molecule has 0 aromatic rings.